The van der Waals surface area contributed by atoms with E-state index in [1.807, 2.05) is 24.3 Å². The van der Waals surface area contributed by atoms with E-state index in [1.165, 1.54) is 6.07 Å². The van der Waals surface area contributed by atoms with Crippen LogP contribution in [0.5, 0.6) is 0 Å². The van der Waals surface area contributed by atoms with Crippen LogP contribution in [0.15, 0.2) is 36.4 Å². The van der Waals surface area contributed by atoms with Gasteiger partial charge in [0.1, 0.15) is 11.6 Å². The van der Waals surface area contributed by atoms with E-state index in [0.717, 1.165) is 15.2 Å². The lowest BCUT2D eigenvalue weighted by atomic mass is 10.0. The molecule has 1 atom stereocenters. The molecule has 0 nitrogen and oxygen atoms in total. The third-order valence-electron chi connectivity index (χ3n) is 2.71. The lowest BCUT2D eigenvalue weighted by Gasteiger charge is -2.12. The summed E-state index contributed by atoms with van der Waals surface area (Å²) in [7, 11) is 0. The Labute approximate surface area is 123 Å². The van der Waals surface area contributed by atoms with Gasteiger partial charge in [0, 0.05) is 15.2 Å². The number of alkyl halides is 1. The number of hydrogen-bond acceptors (Lipinski definition) is 0. The Morgan fingerprint density at radius 1 is 1.06 bits per heavy atom. The van der Waals surface area contributed by atoms with Crippen molar-refractivity contribution in [1.82, 2.24) is 0 Å². The Kier molecular flexibility index (Phi) is 4.22. The first-order valence-electron chi connectivity index (χ1n) is 5.34. The molecule has 0 spiro atoms. The van der Waals surface area contributed by atoms with E-state index in [0.29, 0.717) is 11.1 Å². The first-order chi connectivity index (χ1) is 8.49. The molecule has 0 fully saturated rings. The van der Waals surface area contributed by atoms with Crippen LogP contribution < -0.4 is 0 Å². The molecular formula is C14H10ClF2I. The molecule has 0 aromatic heterocycles. The standard InChI is InChI=1S/C14H10ClF2I/c1-8-6-11(13(17)7-12(8)16)14(15)9-2-4-10(18)5-3-9/h2-7,14H,1H3. The Hall–Kier alpha value is -0.680. The fraction of sp³-hybridized carbons (Fsp3) is 0.143. The quantitative estimate of drug-likeness (QED) is 0.497. The highest BCUT2D eigenvalue weighted by Crippen LogP contribution is 2.32. The van der Waals surface area contributed by atoms with Crippen molar-refractivity contribution < 1.29 is 8.78 Å². The summed E-state index contributed by atoms with van der Waals surface area (Å²) in [5.41, 5.74) is 1.49. The Balaban J connectivity index is 2.42. The van der Waals surface area contributed by atoms with E-state index >= 15 is 0 Å². The molecule has 1 unspecified atom stereocenters. The maximum atomic E-state index is 13.7. The molecule has 0 N–H and O–H groups in total. The highest BCUT2D eigenvalue weighted by molar-refractivity contribution is 14.1. The Bertz CT molecular complexity index is 567. The predicted octanol–water partition coefficient (Wildman–Crippen LogP) is 5.21. The molecule has 18 heavy (non-hydrogen) atoms. The summed E-state index contributed by atoms with van der Waals surface area (Å²) >= 11 is 8.43. The lowest BCUT2D eigenvalue weighted by Crippen LogP contribution is -1.99. The normalized spacial score (nSPS) is 12.5. The van der Waals surface area contributed by atoms with E-state index in [4.69, 9.17) is 11.6 Å². The summed E-state index contributed by atoms with van der Waals surface area (Å²) in [6.45, 7) is 1.59. The number of benzene rings is 2. The van der Waals surface area contributed by atoms with Crippen molar-refractivity contribution in [3.63, 3.8) is 0 Å². The van der Waals surface area contributed by atoms with Gasteiger partial charge >= 0.3 is 0 Å². The maximum Gasteiger partial charge on any atom is 0.131 e. The molecule has 0 radical (unpaired) electrons. The first-order valence-corrected chi connectivity index (χ1v) is 6.85. The topological polar surface area (TPSA) is 0 Å². The van der Waals surface area contributed by atoms with Crippen molar-refractivity contribution >= 4 is 34.2 Å². The fourth-order valence-electron chi connectivity index (χ4n) is 1.69. The third kappa shape index (κ3) is 2.83. The minimum absolute atomic E-state index is 0.303. The average molecular weight is 379 g/mol. The zero-order valence-electron chi connectivity index (χ0n) is 9.55. The number of aryl methyl sites for hydroxylation is 1. The molecule has 0 saturated heterocycles. The highest BCUT2D eigenvalue weighted by atomic mass is 127. The third-order valence-corrected chi connectivity index (χ3v) is 3.92. The monoisotopic (exact) mass is 378 g/mol. The van der Waals surface area contributed by atoms with Crippen molar-refractivity contribution in [2.45, 2.75) is 12.3 Å². The van der Waals surface area contributed by atoms with E-state index in [-0.39, 0.29) is 0 Å². The smallest absolute Gasteiger partial charge is 0.131 e. The summed E-state index contributed by atoms with van der Waals surface area (Å²) in [6, 6.07) is 9.83. The van der Waals surface area contributed by atoms with Gasteiger partial charge in [-0.05, 0) is 58.8 Å². The minimum Gasteiger partial charge on any atom is -0.207 e. The lowest BCUT2D eigenvalue weighted by molar-refractivity contribution is 0.568. The molecule has 2 aromatic rings. The predicted molar refractivity (Wildman–Crippen MR) is 78.0 cm³/mol. The van der Waals surface area contributed by atoms with Crippen molar-refractivity contribution in [2.75, 3.05) is 0 Å². The summed E-state index contributed by atoms with van der Waals surface area (Å²) in [4.78, 5) is 0. The Morgan fingerprint density at radius 3 is 2.28 bits per heavy atom. The number of halogens is 4. The molecular weight excluding hydrogens is 369 g/mol. The highest BCUT2D eigenvalue weighted by Gasteiger charge is 2.17. The van der Waals surface area contributed by atoms with Crippen LogP contribution in [0.4, 0.5) is 8.78 Å². The molecule has 2 aromatic carbocycles. The van der Waals surface area contributed by atoms with Crippen LogP contribution in [-0.2, 0) is 0 Å². The van der Waals surface area contributed by atoms with Crippen LogP contribution in [0.3, 0.4) is 0 Å². The zero-order chi connectivity index (χ0) is 13.3. The SMILES string of the molecule is Cc1cc(C(Cl)c2ccc(I)cc2)c(F)cc1F. The molecule has 0 saturated carbocycles. The van der Waals surface area contributed by atoms with Crippen molar-refractivity contribution in [1.29, 1.82) is 0 Å². The van der Waals surface area contributed by atoms with Gasteiger partial charge < -0.3 is 0 Å². The first kappa shape index (κ1) is 13.7. The molecule has 0 aliphatic carbocycles. The Morgan fingerprint density at radius 2 is 1.67 bits per heavy atom. The van der Waals surface area contributed by atoms with Crippen LogP contribution >= 0.6 is 34.2 Å². The fourth-order valence-corrected chi connectivity index (χ4v) is 2.36. The summed E-state index contributed by atoms with van der Waals surface area (Å²) in [6.07, 6.45) is 0. The van der Waals surface area contributed by atoms with E-state index < -0.39 is 17.0 Å². The van der Waals surface area contributed by atoms with Crippen molar-refractivity contribution in [3.8, 4) is 0 Å². The summed E-state index contributed by atoms with van der Waals surface area (Å²) in [5, 5.41) is -0.610. The van der Waals surface area contributed by atoms with Crippen LogP contribution in [-0.4, -0.2) is 0 Å². The van der Waals surface area contributed by atoms with Crippen molar-refractivity contribution in [3.05, 3.63) is 68.3 Å². The van der Waals surface area contributed by atoms with Crippen molar-refractivity contribution in [2.24, 2.45) is 0 Å². The molecule has 0 amide bonds. The van der Waals surface area contributed by atoms with Gasteiger partial charge in [-0.1, -0.05) is 12.1 Å². The largest absolute Gasteiger partial charge is 0.207 e. The summed E-state index contributed by atoms with van der Waals surface area (Å²) < 4.78 is 28.0. The van der Waals surface area contributed by atoms with Gasteiger partial charge in [-0.25, -0.2) is 8.78 Å². The number of rotatable bonds is 2. The van der Waals surface area contributed by atoms with Crippen LogP contribution in [0.2, 0.25) is 0 Å². The van der Waals surface area contributed by atoms with Crippen LogP contribution in [0, 0.1) is 22.1 Å². The average Bonchev–Trinajstić information content (AvgIpc) is 2.34. The molecule has 0 heterocycles. The van der Waals surface area contributed by atoms with Gasteiger partial charge in [0.2, 0.25) is 0 Å². The van der Waals surface area contributed by atoms with Gasteiger partial charge in [-0.15, -0.1) is 11.6 Å². The molecule has 2 rings (SSSR count). The maximum absolute atomic E-state index is 13.7. The second-order valence-electron chi connectivity index (χ2n) is 4.04. The van der Waals surface area contributed by atoms with E-state index in [9.17, 15) is 8.78 Å². The molecule has 94 valence electrons. The van der Waals surface area contributed by atoms with Gasteiger partial charge in [-0.3, -0.25) is 0 Å². The second-order valence-corrected chi connectivity index (χ2v) is 5.72. The van der Waals surface area contributed by atoms with Gasteiger partial charge in [0.15, 0.2) is 0 Å². The van der Waals surface area contributed by atoms with Gasteiger partial charge in [-0.2, -0.15) is 0 Å². The van der Waals surface area contributed by atoms with Crippen LogP contribution in [0.25, 0.3) is 0 Å². The minimum atomic E-state index is -0.614. The van der Waals surface area contributed by atoms with E-state index in [2.05, 4.69) is 22.6 Å². The van der Waals surface area contributed by atoms with Crippen LogP contribution in [0.1, 0.15) is 22.1 Å². The molecule has 4 heteroatoms. The molecule has 0 bridgehead atoms. The summed E-state index contributed by atoms with van der Waals surface area (Å²) in [5.74, 6) is -1.17. The van der Waals surface area contributed by atoms with Gasteiger partial charge in [0.05, 0.1) is 5.38 Å². The van der Waals surface area contributed by atoms with E-state index in [1.54, 1.807) is 6.92 Å². The van der Waals surface area contributed by atoms with Gasteiger partial charge in [0.25, 0.3) is 0 Å². The molecule has 0 aliphatic heterocycles. The molecule has 0 aliphatic rings. The zero-order valence-corrected chi connectivity index (χ0v) is 12.5. The number of hydrogen-bond donors (Lipinski definition) is 0. The second kappa shape index (κ2) is 5.53.